The summed E-state index contributed by atoms with van der Waals surface area (Å²) in [5, 5.41) is 8.60. The third-order valence-corrected chi connectivity index (χ3v) is 2.17. The van der Waals surface area contributed by atoms with Gasteiger partial charge in [0.15, 0.2) is 5.82 Å². The lowest BCUT2D eigenvalue weighted by atomic mass is 10.2. The molecule has 1 aromatic heterocycles. The predicted molar refractivity (Wildman–Crippen MR) is 51.3 cm³/mol. The van der Waals surface area contributed by atoms with E-state index in [1.807, 2.05) is 6.07 Å². The van der Waals surface area contributed by atoms with E-state index in [2.05, 4.69) is 4.98 Å². The van der Waals surface area contributed by atoms with Gasteiger partial charge in [-0.25, -0.2) is 9.37 Å². The summed E-state index contributed by atoms with van der Waals surface area (Å²) in [6.45, 7) is 1.48. The molecule has 0 aliphatic carbocycles. The van der Waals surface area contributed by atoms with Gasteiger partial charge in [-0.1, -0.05) is 0 Å². The van der Waals surface area contributed by atoms with Crippen molar-refractivity contribution in [3.63, 3.8) is 0 Å². The van der Waals surface area contributed by atoms with Crippen molar-refractivity contribution in [2.75, 3.05) is 7.05 Å². The summed E-state index contributed by atoms with van der Waals surface area (Å²) >= 11 is 0. The van der Waals surface area contributed by atoms with E-state index < -0.39 is 29.3 Å². The highest BCUT2D eigenvalue weighted by Gasteiger charge is 2.22. The summed E-state index contributed by atoms with van der Waals surface area (Å²) < 4.78 is 26.0. The Kier molecular flexibility index (Phi) is 3.51. The van der Waals surface area contributed by atoms with Crippen molar-refractivity contribution in [1.29, 1.82) is 5.26 Å². The topological polar surface area (TPSA) is 57.0 Å². The van der Waals surface area contributed by atoms with Gasteiger partial charge in [0.05, 0.1) is 11.6 Å². The van der Waals surface area contributed by atoms with Crippen LogP contribution in [0.15, 0.2) is 12.3 Å². The van der Waals surface area contributed by atoms with Gasteiger partial charge in [-0.3, -0.25) is 4.79 Å². The van der Waals surface area contributed by atoms with Gasteiger partial charge < -0.3 is 4.90 Å². The van der Waals surface area contributed by atoms with Crippen molar-refractivity contribution in [2.24, 2.45) is 0 Å². The lowest BCUT2D eigenvalue weighted by molar-refractivity contribution is 0.0767. The zero-order chi connectivity index (χ0) is 12.3. The standard InChI is InChI=1S/C10H9F2N3O/c1-6(5-13)15(2)10(16)7-3-4-14-9(12)8(7)11/h3-4,6H,1-2H3. The Morgan fingerprint density at radius 1 is 1.62 bits per heavy atom. The van der Waals surface area contributed by atoms with Crippen molar-refractivity contribution in [2.45, 2.75) is 13.0 Å². The van der Waals surface area contributed by atoms with Gasteiger partial charge in [0.25, 0.3) is 5.91 Å². The number of carbonyl (C=O) groups is 1. The van der Waals surface area contributed by atoms with Gasteiger partial charge in [-0.15, -0.1) is 0 Å². The third-order valence-electron chi connectivity index (χ3n) is 2.17. The minimum absolute atomic E-state index is 0.433. The Bertz CT molecular complexity index is 456. The summed E-state index contributed by atoms with van der Waals surface area (Å²) in [7, 11) is 1.34. The Morgan fingerprint density at radius 2 is 2.25 bits per heavy atom. The number of rotatable bonds is 2. The largest absolute Gasteiger partial charge is 0.326 e. The molecule has 0 aliphatic rings. The fraction of sp³-hybridized carbons (Fsp3) is 0.300. The fourth-order valence-corrected chi connectivity index (χ4v) is 1.04. The number of amides is 1. The molecule has 84 valence electrons. The minimum atomic E-state index is -1.33. The van der Waals surface area contributed by atoms with Gasteiger partial charge in [0, 0.05) is 13.2 Å². The van der Waals surface area contributed by atoms with Crippen LogP contribution in [0.5, 0.6) is 0 Å². The van der Waals surface area contributed by atoms with E-state index in [1.54, 1.807) is 0 Å². The molecule has 0 radical (unpaired) electrons. The molecule has 1 aromatic rings. The van der Waals surface area contributed by atoms with E-state index in [9.17, 15) is 13.6 Å². The van der Waals surface area contributed by atoms with Crippen molar-refractivity contribution >= 4 is 5.91 Å². The number of nitrogens with zero attached hydrogens (tertiary/aromatic N) is 3. The summed E-state index contributed by atoms with van der Waals surface area (Å²) in [4.78, 5) is 15.8. The van der Waals surface area contributed by atoms with E-state index in [0.29, 0.717) is 0 Å². The summed E-state index contributed by atoms with van der Waals surface area (Å²) in [6.07, 6.45) is 0.997. The molecular formula is C10H9F2N3O. The van der Waals surface area contributed by atoms with Crippen molar-refractivity contribution in [3.05, 3.63) is 29.6 Å². The first kappa shape index (κ1) is 12.0. The Labute approximate surface area is 91.1 Å². The highest BCUT2D eigenvalue weighted by atomic mass is 19.2. The second-order valence-corrected chi connectivity index (χ2v) is 3.18. The molecular weight excluding hydrogens is 216 g/mol. The first-order chi connectivity index (χ1) is 7.49. The van der Waals surface area contributed by atoms with Crippen LogP contribution in [0.2, 0.25) is 0 Å². The van der Waals surface area contributed by atoms with Crippen molar-refractivity contribution in [1.82, 2.24) is 9.88 Å². The maximum Gasteiger partial charge on any atom is 0.257 e. The molecule has 0 aromatic carbocycles. The SMILES string of the molecule is CC(C#N)N(C)C(=O)c1ccnc(F)c1F. The van der Waals surface area contributed by atoms with Gasteiger partial charge in [0.1, 0.15) is 6.04 Å². The number of carbonyl (C=O) groups excluding carboxylic acids is 1. The van der Waals surface area contributed by atoms with Crippen molar-refractivity contribution < 1.29 is 13.6 Å². The first-order valence-electron chi connectivity index (χ1n) is 4.45. The van der Waals surface area contributed by atoms with Gasteiger partial charge in [-0.05, 0) is 13.0 Å². The lowest BCUT2D eigenvalue weighted by Gasteiger charge is -2.19. The van der Waals surface area contributed by atoms with Crippen LogP contribution in [0.3, 0.4) is 0 Å². The van der Waals surface area contributed by atoms with Crippen LogP contribution in [0, 0.1) is 23.1 Å². The molecule has 1 unspecified atom stereocenters. The number of pyridine rings is 1. The van der Waals surface area contributed by atoms with E-state index in [0.717, 1.165) is 17.2 Å². The van der Waals surface area contributed by atoms with Crippen LogP contribution >= 0.6 is 0 Å². The van der Waals surface area contributed by atoms with Crippen LogP contribution in [-0.2, 0) is 0 Å². The second kappa shape index (κ2) is 4.66. The van der Waals surface area contributed by atoms with E-state index in [4.69, 9.17) is 5.26 Å². The molecule has 4 nitrogen and oxygen atoms in total. The molecule has 6 heteroatoms. The second-order valence-electron chi connectivity index (χ2n) is 3.18. The Balaban J connectivity index is 3.07. The molecule has 1 rings (SSSR count). The maximum atomic E-state index is 13.2. The van der Waals surface area contributed by atoms with Crippen LogP contribution in [0.25, 0.3) is 0 Å². The quantitative estimate of drug-likeness (QED) is 0.714. The zero-order valence-electron chi connectivity index (χ0n) is 8.74. The van der Waals surface area contributed by atoms with Gasteiger partial charge >= 0.3 is 0 Å². The summed E-state index contributed by atoms with van der Waals surface area (Å²) in [5.74, 6) is -3.39. The average molecular weight is 225 g/mol. The number of halogens is 2. The minimum Gasteiger partial charge on any atom is -0.326 e. The lowest BCUT2D eigenvalue weighted by Crippen LogP contribution is -2.34. The van der Waals surface area contributed by atoms with E-state index in [-0.39, 0.29) is 0 Å². The normalized spacial score (nSPS) is 11.7. The molecule has 0 bridgehead atoms. The van der Waals surface area contributed by atoms with E-state index >= 15 is 0 Å². The molecule has 1 heterocycles. The number of aromatic nitrogens is 1. The highest BCUT2D eigenvalue weighted by Crippen LogP contribution is 2.12. The monoisotopic (exact) mass is 225 g/mol. The highest BCUT2D eigenvalue weighted by molar-refractivity contribution is 5.94. The summed E-state index contributed by atoms with van der Waals surface area (Å²) in [6, 6.07) is 2.17. The average Bonchev–Trinajstić information content (AvgIpc) is 2.29. The molecule has 0 fully saturated rings. The predicted octanol–water partition coefficient (Wildman–Crippen LogP) is 1.34. The van der Waals surface area contributed by atoms with Crippen LogP contribution in [0.1, 0.15) is 17.3 Å². The summed E-state index contributed by atoms with van der Waals surface area (Å²) in [5.41, 5.74) is -0.433. The smallest absolute Gasteiger partial charge is 0.257 e. The first-order valence-corrected chi connectivity index (χ1v) is 4.45. The molecule has 0 saturated heterocycles. The van der Waals surface area contributed by atoms with Crippen LogP contribution < -0.4 is 0 Å². The number of hydrogen-bond donors (Lipinski definition) is 0. The number of hydrogen-bond acceptors (Lipinski definition) is 3. The molecule has 16 heavy (non-hydrogen) atoms. The van der Waals surface area contributed by atoms with Gasteiger partial charge in [0.2, 0.25) is 5.95 Å². The molecule has 0 spiro atoms. The molecule has 0 aliphatic heterocycles. The molecule has 1 atom stereocenters. The van der Waals surface area contributed by atoms with Crippen LogP contribution in [-0.4, -0.2) is 28.9 Å². The fourth-order valence-electron chi connectivity index (χ4n) is 1.04. The Morgan fingerprint density at radius 3 is 2.81 bits per heavy atom. The van der Waals surface area contributed by atoms with E-state index in [1.165, 1.54) is 14.0 Å². The third kappa shape index (κ3) is 2.14. The zero-order valence-corrected chi connectivity index (χ0v) is 8.74. The van der Waals surface area contributed by atoms with Crippen molar-refractivity contribution in [3.8, 4) is 6.07 Å². The molecule has 1 amide bonds. The number of nitriles is 1. The molecule has 0 N–H and O–H groups in total. The van der Waals surface area contributed by atoms with Gasteiger partial charge in [-0.2, -0.15) is 9.65 Å². The Hall–Kier alpha value is -2.03. The van der Waals surface area contributed by atoms with Crippen LogP contribution in [0.4, 0.5) is 8.78 Å². The maximum absolute atomic E-state index is 13.2. The molecule has 0 saturated carbocycles.